The molecule has 0 bridgehead atoms. The Hall–Kier alpha value is -3.47. The van der Waals surface area contributed by atoms with Gasteiger partial charge < -0.3 is 16.0 Å². The molecule has 2 heterocycles. The third-order valence-corrected chi connectivity index (χ3v) is 4.87. The van der Waals surface area contributed by atoms with Crippen LogP contribution in [0.2, 0.25) is 0 Å². The van der Waals surface area contributed by atoms with Gasteiger partial charge in [0.2, 0.25) is 5.91 Å². The molecule has 0 atom stereocenters. The van der Waals surface area contributed by atoms with E-state index < -0.39 is 12.1 Å². The number of nitrogens with one attached hydrogen (secondary N) is 3. The third-order valence-electron chi connectivity index (χ3n) is 3.75. The zero-order valence-corrected chi connectivity index (χ0v) is 16.6. The Kier molecular flexibility index (Phi) is 6.01. The molecule has 0 aliphatic rings. The number of thiazole rings is 1. The van der Waals surface area contributed by atoms with E-state index in [1.807, 2.05) is 6.92 Å². The fourth-order valence-corrected chi connectivity index (χ4v) is 3.54. The molecular formula is C19H16F3N5O2S. The number of amides is 2. The summed E-state index contributed by atoms with van der Waals surface area (Å²) in [4.78, 5) is 31.7. The lowest BCUT2D eigenvalue weighted by atomic mass is 10.2. The molecule has 0 aliphatic heterocycles. The number of benzene rings is 1. The Bertz CT molecular complexity index is 1100. The number of carbonyl (C=O) groups is 2. The average molecular weight is 435 g/mol. The minimum atomic E-state index is -4.97. The molecular weight excluding hydrogens is 419 g/mol. The molecule has 0 unspecified atom stereocenters. The van der Waals surface area contributed by atoms with Crippen molar-refractivity contribution in [3.63, 3.8) is 0 Å². The first kappa shape index (κ1) is 21.2. The lowest BCUT2D eigenvalue weighted by molar-refractivity contribution is -0.167. The van der Waals surface area contributed by atoms with Gasteiger partial charge in [-0.2, -0.15) is 13.2 Å². The van der Waals surface area contributed by atoms with E-state index >= 15 is 0 Å². The molecule has 3 rings (SSSR count). The maximum Gasteiger partial charge on any atom is 0.471 e. The van der Waals surface area contributed by atoms with E-state index in [-0.39, 0.29) is 11.6 Å². The van der Waals surface area contributed by atoms with Crippen molar-refractivity contribution in [2.45, 2.75) is 20.0 Å². The summed E-state index contributed by atoms with van der Waals surface area (Å²) >= 11 is 1.31. The number of halogens is 3. The molecule has 3 N–H and O–H groups in total. The minimum absolute atomic E-state index is 0.00303. The Balaban J connectivity index is 1.79. The molecule has 156 valence electrons. The van der Waals surface area contributed by atoms with Crippen LogP contribution in [0.15, 0.2) is 42.6 Å². The molecule has 0 saturated carbocycles. The number of hydrogen-bond acceptors (Lipinski definition) is 6. The smallest absolute Gasteiger partial charge is 0.340 e. The SMILES string of the molecule is CC(=O)Nc1nc(C)c(-c2ccnc(Nc3cccc(NC(=O)C(F)(F)F)c3)c2)s1. The van der Waals surface area contributed by atoms with Crippen LogP contribution in [0.3, 0.4) is 0 Å². The number of nitrogens with zero attached hydrogens (tertiary/aromatic N) is 2. The van der Waals surface area contributed by atoms with Crippen molar-refractivity contribution >= 4 is 45.5 Å². The topological polar surface area (TPSA) is 96.0 Å². The molecule has 1 aromatic carbocycles. The Labute approximate surface area is 173 Å². The fraction of sp³-hybridized carbons (Fsp3) is 0.158. The molecule has 3 aromatic rings. The summed E-state index contributed by atoms with van der Waals surface area (Å²) in [6.45, 7) is 3.22. The van der Waals surface area contributed by atoms with Gasteiger partial charge >= 0.3 is 12.1 Å². The van der Waals surface area contributed by atoms with Gasteiger partial charge in [-0.3, -0.25) is 9.59 Å². The van der Waals surface area contributed by atoms with Crippen molar-refractivity contribution in [2.24, 2.45) is 0 Å². The monoisotopic (exact) mass is 435 g/mol. The number of aryl methyl sites for hydroxylation is 1. The Morgan fingerprint density at radius 2 is 1.80 bits per heavy atom. The van der Waals surface area contributed by atoms with Gasteiger partial charge in [0.05, 0.1) is 10.6 Å². The molecule has 2 amide bonds. The standard InChI is InChI=1S/C19H16F3N5O2S/c1-10-16(30-18(24-10)25-11(2)28)12-6-7-23-15(8-12)26-13-4-3-5-14(9-13)27-17(29)19(20,21)22/h3-9H,1-2H3,(H,23,26)(H,27,29)(H,24,25,28). The summed E-state index contributed by atoms with van der Waals surface area (Å²) in [7, 11) is 0. The molecule has 2 aromatic heterocycles. The summed E-state index contributed by atoms with van der Waals surface area (Å²) in [5.41, 5.74) is 1.98. The van der Waals surface area contributed by atoms with Gasteiger partial charge in [0.25, 0.3) is 0 Å². The van der Waals surface area contributed by atoms with Gasteiger partial charge in [0.15, 0.2) is 5.13 Å². The van der Waals surface area contributed by atoms with Crippen molar-refractivity contribution in [1.29, 1.82) is 0 Å². The van der Waals surface area contributed by atoms with Crippen molar-refractivity contribution in [1.82, 2.24) is 9.97 Å². The summed E-state index contributed by atoms with van der Waals surface area (Å²) in [5, 5.41) is 7.93. The summed E-state index contributed by atoms with van der Waals surface area (Å²) in [6, 6.07) is 9.38. The van der Waals surface area contributed by atoms with Crippen LogP contribution in [0.4, 0.5) is 35.5 Å². The number of hydrogen-bond donors (Lipinski definition) is 3. The molecule has 0 radical (unpaired) electrons. The van der Waals surface area contributed by atoms with E-state index in [0.717, 1.165) is 16.1 Å². The van der Waals surface area contributed by atoms with Crippen molar-refractivity contribution < 1.29 is 22.8 Å². The highest BCUT2D eigenvalue weighted by molar-refractivity contribution is 7.19. The van der Waals surface area contributed by atoms with E-state index in [9.17, 15) is 22.8 Å². The van der Waals surface area contributed by atoms with Crippen LogP contribution < -0.4 is 16.0 Å². The highest BCUT2D eigenvalue weighted by Crippen LogP contribution is 2.34. The molecule has 0 spiro atoms. The maximum atomic E-state index is 12.4. The van der Waals surface area contributed by atoms with E-state index in [0.29, 0.717) is 16.6 Å². The first-order valence-electron chi connectivity index (χ1n) is 8.58. The van der Waals surface area contributed by atoms with Gasteiger partial charge in [-0.15, -0.1) is 0 Å². The summed E-state index contributed by atoms with van der Waals surface area (Å²) in [6.07, 6.45) is -3.40. The highest BCUT2D eigenvalue weighted by atomic mass is 32.1. The second kappa shape index (κ2) is 8.49. The maximum absolute atomic E-state index is 12.4. The molecule has 11 heteroatoms. The highest BCUT2D eigenvalue weighted by Gasteiger charge is 2.38. The Morgan fingerprint density at radius 1 is 1.07 bits per heavy atom. The number of rotatable bonds is 5. The van der Waals surface area contributed by atoms with E-state index in [1.165, 1.54) is 36.5 Å². The Morgan fingerprint density at radius 3 is 2.50 bits per heavy atom. The number of alkyl halides is 3. The molecule has 0 saturated heterocycles. The second-order valence-electron chi connectivity index (χ2n) is 6.20. The summed E-state index contributed by atoms with van der Waals surface area (Å²) < 4.78 is 37.3. The largest absolute Gasteiger partial charge is 0.471 e. The van der Waals surface area contributed by atoms with Crippen LogP contribution >= 0.6 is 11.3 Å². The van der Waals surface area contributed by atoms with Crippen LogP contribution in [0.25, 0.3) is 10.4 Å². The van der Waals surface area contributed by atoms with Crippen LogP contribution in [0.5, 0.6) is 0 Å². The van der Waals surface area contributed by atoms with Crippen LogP contribution in [0, 0.1) is 6.92 Å². The predicted molar refractivity (Wildman–Crippen MR) is 109 cm³/mol. The molecule has 0 aliphatic carbocycles. The van der Waals surface area contributed by atoms with E-state index in [1.54, 1.807) is 29.7 Å². The van der Waals surface area contributed by atoms with E-state index in [4.69, 9.17) is 0 Å². The van der Waals surface area contributed by atoms with Crippen molar-refractivity contribution in [3.8, 4) is 10.4 Å². The van der Waals surface area contributed by atoms with Gasteiger partial charge in [0, 0.05) is 24.5 Å². The predicted octanol–water partition coefficient (Wildman–Crippen LogP) is 4.72. The van der Waals surface area contributed by atoms with Crippen LogP contribution in [-0.4, -0.2) is 28.0 Å². The van der Waals surface area contributed by atoms with Crippen molar-refractivity contribution in [3.05, 3.63) is 48.3 Å². The first-order chi connectivity index (χ1) is 14.1. The lowest BCUT2D eigenvalue weighted by Crippen LogP contribution is -2.29. The number of carbonyl (C=O) groups excluding carboxylic acids is 2. The van der Waals surface area contributed by atoms with E-state index in [2.05, 4.69) is 20.6 Å². The fourth-order valence-electron chi connectivity index (χ4n) is 2.53. The lowest BCUT2D eigenvalue weighted by Gasteiger charge is -2.11. The number of aromatic nitrogens is 2. The van der Waals surface area contributed by atoms with Crippen molar-refractivity contribution in [2.75, 3.05) is 16.0 Å². The zero-order valence-electron chi connectivity index (χ0n) is 15.8. The van der Waals surface area contributed by atoms with Crippen LogP contribution in [0.1, 0.15) is 12.6 Å². The quantitative estimate of drug-likeness (QED) is 0.539. The first-order valence-corrected chi connectivity index (χ1v) is 9.40. The molecule has 30 heavy (non-hydrogen) atoms. The number of pyridine rings is 1. The molecule has 7 nitrogen and oxygen atoms in total. The minimum Gasteiger partial charge on any atom is -0.340 e. The summed E-state index contributed by atoms with van der Waals surface area (Å²) in [5.74, 6) is -1.82. The molecule has 0 fully saturated rings. The van der Waals surface area contributed by atoms with Gasteiger partial charge in [-0.1, -0.05) is 17.4 Å². The second-order valence-corrected chi connectivity index (χ2v) is 7.20. The normalized spacial score (nSPS) is 11.1. The van der Waals surface area contributed by atoms with Gasteiger partial charge in [0.1, 0.15) is 5.82 Å². The third kappa shape index (κ3) is 5.32. The van der Waals surface area contributed by atoms with Gasteiger partial charge in [-0.05, 0) is 42.8 Å². The average Bonchev–Trinajstić information content (AvgIpc) is 3.01. The van der Waals surface area contributed by atoms with Gasteiger partial charge in [-0.25, -0.2) is 9.97 Å². The zero-order chi connectivity index (χ0) is 21.9. The van der Waals surface area contributed by atoms with Crippen LogP contribution in [-0.2, 0) is 9.59 Å². The number of anilines is 4.